The summed E-state index contributed by atoms with van der Waals surface area (Å²) in [4.78, 5) is 14.3. The third kappa shape index (κ3) is 3.74. The van der Waals surface area contributed by atoms with Crippen LogP contribution in [-0.4, -0.2) is 41.4 Å². The number of benzene rings is 2. The lowest BCUT2D eigenvalue weighted by Gasteiger charge is -2.51. The molecule has 2 aliphatic heterocycles. The highest BCUT2D eigenvalue weighted by Crippen LogP contribution is 2.42. The smallest absolute Gasteiger partial charge is 0.410 e. The number of nitriles is 1. The zero-order chi connectivity index (χ0) is 21.3. The van der Waals surface area contributed by atoms with Crippen LogP contribution in [0.2, 0.25) is 0 Å². The van der Waals surface area contributed by atoms with E-state index in [1.165, 1.54) is 4.90 Å². The summed E-state index contributed by atoms with van der Waals surface area (Å²) in [6.07, 6.45) is -0.607. The fraction of sp³-hybridized carbons (Fsp3) is 0.364. The van der Waals surface area contributed by atoms with Crippen molar-refractivity contribution < 1.29 is 28.2 Å². The maximum absolute atomic E-state index is 14.6. The van der Waals surface area contributed by atoms with E-state index < -0.39 is 41.0 Å². The van der Waals surface area contributed by atoms with Crippen LogP contribution in [0.15, 0.2) is 42.5 Å². The molecule has 0 radical (unpaired) electrons. The summed E-state index contributed by atoms with van der Waals surface area (Å²) in [6.45, 7) is 0.412. The number of amides is 1. The van der Waals surface area contributed by atoms with Crippen LogP contribution in [0, 0.1) is 23.0 Å². The topological polar surface area (TPSA) is 82.8 Å². The first kappa shape index (κ1) is 20.3. The largest absolute Gasteiger partial charge is 0.445 e. The van der Waals surface area contributed by atoms with Crippen molar-refractivity contribution in [3.8, 4) is 6.07 Å². The average molecular weight is 414 g/mol. The molecule has 0 aliphatic carbocycles. The van der Waals surface area contributed by atoms with Gasteiger partial charge >= 0.3 is 6.09 Å². The van der Waals surface area contributed by atoms with Crippen molar-refractivity contribution in [3.63, 3.8) is 0 Å². The third-order valence-electron chi connectivity index (χ3n) is 5.65. The third-order valence-corrected chi connectivity index (χ3v) is 5.65. The molecule has 1 N–H and O–H groups in total. The second kappa shape index (κ2) is 8.01. The first-order chi connectivity index (χ1) is 14.4. The molecule has 6 nitrogen and oxygen atoms in total. The monoisotopic (exact) mass is 414 g/mol. The van der Waals surface area contributed by atoms with E-state index >= 15 is 0 Å². The number of piperidine rings is 1. The highest BCUT2D eigenvalue weighted by atomic mass is 19.1. The second-order valence-electron chi connectivity index (χ2n) is 7.66. The number of hydrogen-bond acceptors (Lipinski definition) is 5. The lowest BCUT2D eigenvalue weighted by Crippen LogP contribution is -2.62. The number of carbonyl (C=O) groups excluding carboxylic acids is 1. The summed E-state index contributed by atoms with van der Waals surface area (Å²) >= 11 is 0. The average Bonchev–Trinajstić information content (AvgIpc) is 2.73. The summed E-state index contributed by atoms with van der Waals surface area (Å²) < 4.78 is 39.6. The van der Waals surface area contributed by atoms with Crippen LogP contribution in [0.5, 0.6) is 0 Å². The molecule has 2 heterocycles. The van der Waals surface area contributed by atoms with Gasteiger partial charge in [-0.05, 0) is 17.7 Å². The fourth-order valence-corrected chi connectivity index (χ4v) is 4.28. The van der Waals surface area contributed by atoms with Crippen molar-refractivity contribution in [1.29, 1.82) is 5.26 Å². The van der Waals surface area contributed by atoms with Gasteiger partial charge in [0.1, 0.15) is 24.3 Å². The van der Waals surface area contributed by atoms with Crippen molar-refractivity contribution in [3.05, 3.63) is 70.8 Å². The van der Waals surface area contributed by atoms with Crippen molar-refractivity contribution in [2.75, 3.05) is 13.2 Å². The minimum Gasteiger partial charge on any atom is -0.445 e. The predicted molar refractivity (Wildman–Crippen MR) is 101 cm³/mol. The van der Waals surface area contributed by atoms with Gasteiger partial charge in [-0.15, -0.1) is 0 Å². The first-order valence-corrected chi connectivity index (χ1v) is 9.60. The number of halogens is 2. The number of fused-ring (bicyclic) bond motifs is 2. The second-order valence-corrected chi connectivity index (χ2v) is 7.66. The van der Waals surface area contributed by atoms with E-state index in [0.29, 0.717) is 0 Å². The molecule has 2 atom stereocenters. The Hall–Kier alpha value is -3.02. The molecule has 156 valence electrons. The molecule has 0 aromatic heterocycles. The predicted octanol–water partition coefficient (Wildman–Crippen LogP) is 3.22. The van der Waals surface area contributed by atoms with Gasteiger partial charge in [-0.25, -0.2) is 13.6 Å². The Morgan fingerprint density at radius 2 is 1.87 bits per heavy atom. The van der Waals surface area contributed by atoms with E-state index in [9.17, 15) is 18.7 Å². The number of ether oxygens (including phenoxy) is 2. The zero-order valence-corrected chi connectivity index (χ0v) is 16.1. The molecule has 1 amide bonds. The zero-order valence-electron chi connectivity index (χ0n) is 16.1. The van der Waals surface area contributed by atoms with Gasteiger partial charge in [0.15, 0.2) is 0 Å². The fourth-order valence-electron chi connectivity index (χ4n) is 4.28. The summed E-state index contributed by atoms with van der Waals surface area (Å²) in [5.74, 6) is -1.75. The molecule has 2 fully saturated rings. The number of rotatable bonds is 3. The molecule has 2 aliphatic rings. The molecule has 0 saturated carbocycles. The lowest BCUT2D eigenvalue weighted by atomic mass is 9.76. The maximum Gasteiger partial charge on any atom is 0.410 e. The summed E-state index contributed by atoms with van der Waals surface area (Å²) in [7, 11) is 0. The van der Waals surface area contributed by atoms with Crippen molar-refractivity contribution in [2.24, 2.45) is 0 Å². The molecular weight excluding hydrogens is 394 g/mol. The molecule has 8 heteroatoms. The van der Waals surface area contributed by atoms with E-state index in [2.05, 4.69) is 0 Å². The Labute approximate surface area is 172 Å². The Morgan fingerprint density at radius 3 is 2.50 bits per heavy atom. The Morgan fingerprint density at radius 1 is 1.20 bits per heavy atom. The molecule has 2 unspecified atom stereocenters. The van der Waals surface area contributed by atoms with Crippen LogP contribution in [0.4, 0.5) is 13.6 Å². The molecule has 0 spiro atoms. The van der Waals surface area contributed by atoms with E-state index in [1.54, 1.807) is 6.07 Å². The van der Waals surface area contributed by atoms with E-state index in [0.717, 1.165) is 17.7 Å². The number of morpholine rings is 1. The van der Waals surface area contributed by atoms with Gasteiger partial charge in [0.25, 0.3) is 0 Å². The van der Waals surface area contributed by atoms with Crippen LogP contribution in [0.3, 0.4) is 0 Å². The molecule has 2 saturated heterocycles. The van der Waals surface area contributed by atoms with Gasteiger partial charge in [-0.1, -0.05) is 30.3 Å². The highest BCUT2D eigenvalue weighted by molar-refractivity contribution is 5.69. The van der Waals surface area contributed by atoms with Crippen molar-refractivity contribution in [1.82, 2.24) is 4.90 Å². The minimum atomic E-state index is -1.69. The van der Waals surface area contributed by atoms with Crippen LogP contribution in [0.1, 0.15) is 29.5 Å². The maximum atomic E-state index is 14.6. The summed E-state index contributed by atoms with van der Waals surface area (Å²) in [5, 5.41) is 20.1. The van der Waals surface area contributed by atoms with Gasteiger partial charge < -0.3 is 14.6 Å². The summed E-state index contributed by atoms with van der Waals surface area (Å²) in [6, 6.07) is 11.4. The van der Waals surface area contributed by atoms with Crippen LogP contribution >= 0.6 is 0 Å². The van der Waals surface area contributed by atoms with Crippen LogP contribution in [0.25, 0.3) is 0 Å². The molecular formula is C22H20F2N2O4. The van der Waals surface area contributed by atoms with Crippen molar-refractivity contribution in [2.45, 2.75) is 37.1 Å². The number of nitrogens with zero attached hydrogens (tertiary/aromatic N) is 2. The molecule has 2 aromatic rings. The molecule has 30 heavy (non-hydrogen) atoms. The van der Waals surface area contributed by atoms with E-state index in [-0.39, 0.29) is 38.2 Å². The van der Waals surface area contributed by atoms with Gasteiger partial charge in [0.05, 0.1) is 36.5 Å². The van der Waals surface area contributed by atoms with Gasteiger partial charge in [0, 0.05) is 18.4 Å². The molecule has 2 aromatic carbocycles. The Balaban J connectivity index is 1.54. The highest BCUT2D eigenvalue weighted by Gasteiger charge is 2.50. The normalized spacial score (nSPS) is 25.5. The van der Waals surface area contributed by atoms with E-state index in [4.69, 9.17) is 14.7 Å². The lowest BCUT2D eigenvalue weighted by molar-refractivity contribution is -0.137. The molecule has 2 bridgehead atoms. The molecule has 4 rings (SSSR count). The minimum absolute atomic E-state index is 0.0355. The van der Waals surface area contributed by atoms with Gasteiger partial charge in [0.2, 0.25) is 0 Å². The van der Waals surface area contributed by atoms with Gasteiger partial charge in [-0.3, -0.25) is 4.90 Å². The standard InChI is InChI=1S/C22H20F2N2O4/c23-19-7-18(20(24)6-15(19)10-25)22(28)8-16-12-29-13-17(9-22)26(16)21(27)30-11-14-4-2-1-3-5-14/h1-7,16-17,28H,8-9,11-13H2. The van der Waals surface area contributed by atoms with Crippen LogP contribution < -0.4 is 0 Å². The van der Waals surface area contributed by atoms with Gasteiger partial charge in [-0.2, -0.15) is 5.26 Å². The van der Waals surface area contributed by atoms with E-state index in [1.807, 2.05) is 30.3 Å². The quantitative estimate of drug-likeness (QED) is 0.834. The van der Waals surface area contributed by atoms with Crippen LogP contribution in [-0.2, 0) is 21.7 Å². The van der Waals surface area contributed by atoms with Crippen molar-refractivity contribution >= 4 is 6.09 Å². The SMILES string of the molecule is N#Cc1cc(F)c(C2(O)CC3COCC(C2)N3C(=O)OCc2ccccc2)cc1F. The number of carbonyl (C=O) groups is 1. The Bertz CT molecular complexity index is 979. The number of aliphatic hydroxyl groups is 1. The first-order valence-electron chi connectivity index (χ1n) is 9.60. The summed E-state index contributed by atoms with van der Waals surface area (Å²) in [5.41, 5.74) is -1.48. The number of hydrogen-bond donors (Lipinski definition) is 1. The Kier molecular flexibility index (Phi) is 5.41.